The number of hydrogen-bond donors (Lipinski definition) is 1. The Hall–Kier alpha value is -3.42. The van der Waals surface area contributed by atoms with E-state index in [1.54, 1.807) is 22.5 Å². The number of carbonyl (C=O) groups is 2. The number of aromatic nitrogens is 3. The minimum Gasteiger partial charge on any atom is -0.465 e. The zero-order valence-electron chi connectivity index (χ0n) is 15.3. The van der Waals surface area contributed by atoms with Crippen LogP contribution in [-0.2, 0) is 16.0 Å². The molecule has 0 spiro atoms. The van der Waals surface area contributed by atoms with Crippen molar-refractivity contribution < 1.29 is 14.3 Å². The van der Waals surface area contributed by atoms with Crippen LogP contribution < -0.4 is 10.2 Å². The van der Waals surface area contributed by atoms with E-state index in [9.17, 15) is 9.59 Å². The summed E-state index contributed by atoms with van der Waals surface area (Å²) in [6.07, 6.45) is 3.90. The largest absolute Gasteiger partial charge is 0.465 e. The van der Waals surface area contributed by atoms with Crippen LogP contribution in [0.4, 0.5) is 17.2 Å². The number of methoxy groups -OCH3 is 1. The van der Waals surface area contributed by atoms with Gasteiger partial charge in [-0.1, -0.05) is 6.07 Å². The lowest BCUT2D eigenvalue weighted by atomic mass is 10.1. The van der Waals surface area contributed by atoms with Gasteiger partial charge in [0.1, 0.15) is 11.8 Å². The van der Waals surface area contributed by atoms with Gasteiger partial charge in [-0.05, 0) is 36.6 Å². The molecular weight excluding hydrogens is 346 g/mol. The number of rotatable bonds is 3. The van der Waals surface area contributed by atoms with Gasteiger partial charge in [0.2, 0.25) is 5.91 Å². The number of esters is 1. The van der Waals surface area contributed by atoms with Gasteiger partial charge in [0, 0.05) is 31.0 Å². The van der Waals surface area contributed by atoms with Crippen LogP contribution in [0.5, 0.6) is 0 Å². The highest BCUT2D eigenvalue weighted by atomic mass is 16.5. The second kappa shape index (κ2) is 6.39. The molecule has 8 nitrogen and oxygen atoms in total. The summed E-state index contributed by atoms with van der Waals surface area (Å²) in [5.74, 6) is 0.184. The number of nitrogens with zero attached hydrogens (tertiary/aromatic N) is 4. The predicted octanol–water partition coefficient (Wildman–Crippen LogP) is 2.48. The molecule has 1 N–H and O–H groups in total. The van der Waals surface area contributed by atoms with Gasteiger partial charge in [-0.3, -0.25) is 4.79 Å². The molecule has 0 unspecified atom stereocenters. The summed E-state index contributed by atoms with van der Waals surface area (Å²) < 4.78 is 6.43. The summed E-state index contributed by atoms with van der Waals surface area (Å²) in [5.41, 5.74) is 4.74. The van der Waals surface area contributed by atoms with Crippen molar-refractivity contribution in [2.45, 2.75) is 20.3 Å². The molecule has 0 bridgehead atoms. The maximum atomic E-state index is 12.0. The predicted molar refractivity (Wildman–Crippen MR) is 101 cm³/mol. The molecule has 1 aliphatic rings. The topological polar surface area (TPSA) is 88.8 Å². The first-order chi connectivity index (χ1) is 13.0. The first kappa shape index (κ1) is 17.0. The Kier molecular flexibility index (Phi) is 4.02. The van der Waals surface area contributed by atoms with Gasteiger partial charge in [0.05, 0.1) is 12.7 Å². The Morgan fingerprint density at radius 1 is 1.30 bits per heavy atom. The van der Waals surface area contributed by atoms with Crippen LogP contribution in [0.15, 0.2) is 30.7 Å². The standard InChI is InChI=1S/C19H19N5O3/c1-11-15(19(26)27-3)9-24-17(11)18(20-10-21-24)22-14-5-4-13-6-7-23(12(2)25)16(13)8-14/h4-5,8-10H,6-7H2,1-3H3,(H,20,21,22). The van der Waals surface area contributed by atoms with E-state index in [0.29, 0.717) is 23.4 Å². The summed E-state index contributed by atoms with van der Waals surface area (Å²) in [6.45, 7) is 4.10. The first-order valence-electron chi connectivity index (χ1n) is 8.59. The third-order valence-electron chi connectivity index (χ3n) is 4.86. The van der Waals surface area contributed by atoms with E-state index in [-0.39, 0.29) is 5.91 Å². The van der Waals surface area contributed by atoms with Crippen LogP contribution in [0.25, 0.3) is 5.52 Å². The Labute approximate surface area is 155 Å². The molecule has 0 fully saturated rings. The molecule has 138 valence electrons. The van der Waals surface area contributed by atoms with Gasteiger partial charge in [-0.2, -0.15) is 5.10 Å². The fourth-order valence-electron chi connectivity index (χ4n) is 3.49. The van der Waals surface area contributed by atoms with Crippen LogP contribution >= 0.6 is 0 Å². The van der Waals surface area contributed by atoms with Crippen molar-refractivity contribution in [1.29, 1.82) is 0 Å². The molecule has 0 saturated heterocycles. The monoisotopic (exact) mass is 365 g/mol. The van der Waals surface area contributed by atoms with Gasteiger partial charge in [0.25, 0.3) is 0 Å². The van der Waals surface area contributed by atoms with E-state index in [1.807, 2.05) is 25.1 Å². The van der Waals surface area contributed by atoms with Crippen molar-refractivity contribution in [3.05, 3.63) is 47.4 Å². The van der Waals surface area contributed by atoms with Crippen LogP contribution in [-0.4, -0.2) is 40.1 Å². The maximum Gasteiger partial charge on any atom is 0.339 e. The molecule has 3 heterocycles. The van der Waals surface area contributed by atoms with Crippen molar-refractivity contribution in [3.8, 4) is 0 Å². The zero-order chi connectivity index (χ0) is 19.1. The molecule has 1 amide bonds. The first-order valence-corrected chi connectivity index (χ1v) is 8.59. The van der Waals surface area contributed by atoms with E-state index in [2.05, 4.69) is 15.4 Å². The number of amides is 1. The average Bonchev–Trinajstić information content (AvgIpc) is 3.23. The second-order valence-corrected chi connectivity index (χ2v) is 6.45. The van der Waals surface area contributed by atoms with Crippen LogP contribution in [0, 0.1) is 6.92 Å². The molecule has 27 heavy (non-hydrogen) atoms. The van der Waals surface area contributed by atoms with Gasteiger partial charge in [-0.15, -0.1) is 0 Å². The van der Waals surface area contributed by atoms with Crippen LogP contribution in [0.1, 0.15) is 28.4 Å². The molecular formula is C19H19N5O3. The van der Waals surface area contributed by atoms with E-state index in [1.165, 1.54) is 13.4 Å². The molecule has 0 saturated carbocycles. The molecule has 3 aromatic rings. The summed E-state index contributed by atoms with van der Waals surface area (Å²) in [5, 5.41) is 7.46. The number of fused-ring (bicyclic) bond motifs is 2. The lowest BCUT2D eigenvalue weighted by molar-refractivity contribution is -0.116. The molecule has 2 aromatic heterocycles. The minimum absolute atomic E-state index is 0.0282. The van der Waals surface area contributed by atoms with E-state index in [0.717, 1.165) is 28.9 Å². The van der Waals surface area contributed by atoms with Gasteiger partial charge < -0.3 is 15.0 Å². The third-order valence-corrected chi connectivity index (χ3v) is 4.86. The highest BCUT2D eigenvalue weighted by Gasteiger charge is 2.23. The zero-order valence-corrected chi connectivity index (χ0v) is 15.3. The smallest absolute Gasteiger partial charge is 0.339 e. The van der Waals surface area contributed by atoms with Crippen molar-refractivity contribution >= 4 is 34.6 Å². The summed E-state index contributed by atoms with van der Waals surface area (Å²) in [6, 6.07) is 5.92. The minimum atomic E-state index is -0.418. The van der Waals surface area contributed by atoms with E-state index in [4.69, 9.17) is 4.74 Å². The van der Waals surface area contributed by atoms with Gasteiger partial charge in [0.15, 0.2) is 5.82 Å². The van der Waals surface area contributed by atoms with E-state index >= 15 is 0 Å². The Balaban J connectivity index is 1.75. The molecule has 1 aliphatic heterocycles. The summed E-state index contributed by atoms with van der Waals surface area (Å²) >= 11 is 0. The SMILES string of the molecule is COC(=O)c1cn2ncnc(Nc3ccc4c(c3)N(C(C)=O)CC4)c2c1C. The van der Waals surface area contributed by atoms with Crippen molar-refractivity contribution in [2.75, 3.05) is 23.9 Å². The molecule has 0 aliphatic carbocycles. The number of ether oxygens (including phenoxy) is 1. The highest BCUT2D eigenvalue weighted by molar-refractivity contribution is 5.96. The number of carbonyl (C=O) groups excluding carboxylic acids is 2. The Morgan fingerprint density at radius 2 is 2.11 bits per heavy atom. The Bertz CT molecular complexity index is 1070. The second-order valence-electron chi connectivity index (χ2n) is 6.45. The number of hydrogen-bond acceptors (Lipinski definition) is 6. The lowest BCUT2D eigenvalue weighted by Crippen LogP contribution is -2.25. The normalized spacial score (nSPS) is 12.9. The average molecular weight is 365 g/mol. The number of benzene rings is 1. The molecule has 4 rings (SSSR count). The quantitative estimate of drug-likeness (QED) is 0.718. The van der Waals surface area contributed by atoms with E-state index < -0.39 is 5.97 Å². The molecule has 0 atom stereocenters. The molecule has 8 heteroatoms. The van der Waals surface area contributed by atoms with Crippen LogP contribution in [0.3, 0.4) is 0 Å². The lowest BCUT2D eigenvalue weighted by Gasteiger charge is -2.16. The van der Waals surface area contributed by atoms with Crippen molar-refractivity contribution in [2.24, 2.45) is 0 Å². The van der Waals surface area contributed by atoms with Crippen molar-refractivity contribution in [1.82, 2.24) is 14.6 Å². The number of anilines is 3. The fourth-order valence-corrected chi connectivity index (χ4v) is 3.49. The number of aryl methyl sites for hydroxylation is 1. The van der Waals surface area contributed by atoms with Gasteiger partial charge in [-0.25, -0.2) is 14.3 Å². The fraction of sp³-hybridized carbons (Fsp3) is 0.263. The summed E-state index contributed by atoms with van der Waals surface area (Å²) in [4.78, 5) is 29.9. The van der Waals surface area contributed by atoms with Crippen LogP contribution in [0.2, 0.25) is 0 Å². The summed E-state index contributed by atoms with van der Waals surface area (Å²) in [7, 11) is 1.35. The molecule has 1 aromatic carbocycles. The van der Waals surface area contributed by atoms with Crippen molar-refractivity contribution in [3.63, 3.8) is 0 Å². The highest BCUT2D eigenvalue weighted by Crippen LogP contribution is 2.33. The molecule has 0 radical (unpaired) electrons. The Morgan fingerprint density at radius 3 is 2.85 bits per heavy atom. The van der Waals surface area contributed by atoms with Gasteiger partial charge >= 0.3 is 5.97 Å². The number of nitrogens with one attached hydrogen (secondary N) is 1. The maximum absolute atomic E-state index is 12.0. The third kappa shape index (κ3) is 2.79.